The van der Waals surface area contributed by atoms with Crippen LogP contribution in [0.3, 0.4) is 0 Å². The lowest BCUT2D eigenvalue weighted by atomic mass is 10.1. The molecule has 0 fully saturated rings. The SMILES string of the molecule is COc1ccc(OC)c(C(C)NCc2cccnc2)c1. The second-order valence-corrected chi connectivity index (χ2v) is 4.57. The normalized spacial score (nSPS) is 11.9. The third-order valence-electron chi connectivity index (χ3n) is 3.24. The molecule has 0 bridgehead atoms. The Morgan fingerprint density at radius 3 is 2.70 bits per heavy atom. The average molecular weight is 272 g/mol. The summed E-state index contributed by atoms with van der Waals surface area (Å²) in [7, 11) is 3.35. The quantitative estimate of drug-likeness (QED) is 0.878. The predicted octanol–water partition coefficient (Wildman–Crippen LogP) is 2.95. The maximum Gasteiger partial charge on any atom is 0.123 e. The van der Waals surface area contributed by atoms with Crippen LogP contribution in [0.25, 0.3) is 0 Å². The zero-order chi connectivity index (χ0) is 14.4. The van der Waals surface area contributed by atoms with E-state index >= 15 is 0 Å². The van der Waals surface area contributed by atoms with Gasteiger partial charge < -0.3 is 14.8 Å². The largest absolute Gasteiger partial charge is 0.497 e. The van der Waals surface area contributed by atoms with Crippen molar-refractivity contribution in [3.63, 3.8) is 0 Å². The first-order valence-electron chi connectivity index (χ1n) is 6.59. The summed E-state index contributed by atoms with van der Waals surface area (Å²) in [5.41, 5.74) is 2.23. The lowest BCUT2D eigenvalue weighted by Gasteiger charge is -2.18. The number of ether oxygens (including phenoxy) is 2. The van der Waals surface area contributed by atoms with Gasteiger partial charge in [0.1, 0.15) is 11.5 Å². The second-order valence-electron chi connectivity index (χ2n) is 4.57. The molecule has 0 saturated heterocycles. The second kappa shape index (κ2) is 6.91. The van der Waals surface area contributed by atoms with Crippen LogP contribution in [-0.4, -0.2) is 19.2 Å². The molecule has 1 heterocycles. The highest BCUT2D eigenvalue weighted by molar-refractivity contribution is 5.42. The number of pyridine rings is 1. The standard InChI is InChI=1S/C16H20N2O2/c1-12(18-11-13-5-4-8-17-10-13)15-9-14(19-2)6-7-16(15)20-3/h4-10,12,18H,11H2,1-3H3. The Morgan fingerprint density at radius 2 is 2.05 bits per heavy atom. The lowest BCUT2D eigenvalue weighted by molar-refractivity contribution is 0.391. The zero-order valence-electron chi connectivity index (χ0n) is 12.1. The fraction of sp³-hybridized carbons (Fsp3) is 0.312. The first kappa shape index (κ1) is 14.3. The number of aromatic nitrogens is 1. The lowest BCUT2D eigenvalue weighted by Crippen LogP contribution is -2.18. The molecule has 4 nitrogen and oxygen atoms in total. The molecule has 0 spiro atoms. The Hall–Kier alpha value is -2.07. The molecule has 0 radical (unpaired) electrons. The van der Waals surface area contributed by atoms with Gasteiger partial charge in [0.05, 0.1) is 14.2 Å². The van der Waals surface area contributed by atoms with Crippen molar-refractivity contribution < 1.29 is 9.47 Å². The van der Waals surface area contributed by atoms with Crippen LogP contribution < -0.4 is 14.8 Å². The van der Waals surface area contributed by atoms with Crippen LogP contribution in [0.5, 0.6) is 11.5 Å². The third kappa shape index (κ3) is 3.48. The summed E-state index contributed by atoms with van der Waals surface area (Å²) in [4.78, 5) is 4.11. The summed E-state index contributed by atoms with van der Waals surface area (Å²) >= 11 is 0. The molecule has 0 aliphatic carbocycles. The molecule has 2 rings (SSSR count). The minimum Gasteiger partial charge on any atom is -0.497 e. The number of nitrogens with one attached hydrogen (secondary N) is 1. The van der Waals surface area contributed by atoms with E-state index in [-0.39, 0.29) is 6.04 Å². The van der Waals surface area contributed by atoms with Crippen molar-refractivity contribution in [2.75, 3.05) is 14.2 Å². The van der Waals surface area contributed by atoms with Gasteiger partial charge in [-0.05, 0) is 36.8 Å². The minimum absolute atomic E-state index is 0.153. The van der Waals surface area contributed by atoms with Crippen molar-refractivity contribution in [3.05, 3.63) is 53.9 Å². The van der Waals surface area contributed by atoms with Crippen molar-refractivity contribution in [1.29, 1.82) is 0 Å². The number of nitrogens with zero attached hydrogens (tertiary/aromatic N) is 1. The van der Waals surface area contributed by atoms with E-state index in [1.165, 1.54) is 0 Å². The first-order chi connectivity index (χ1) is 9.74. The molecule has 1 N–H and O–H groups in total. The monoisotopic (exact) mass is 272 g/mol. The molecule has 1 aromatic carbocycles. The highest BCUT2D eigenvalue weighted by Crippen LogP contribution is 2.29. The van der Waals surface area contributed by atoms with Crippen LogP contribution >= 0.6 is 0 Å². The van der Waals surface area contributed by atoms with E-state index in [1.807, 2.05) is 30.5 Å². The Morgan fingerprint density at radius 1 is 1.20 bits per heavy atom. The van der Waals surface area contributed by atoms with Gasteiger partial charge in [-0.15, -0.1) is 0 Å². The van der Waals surface area contributed by atoms with Crippen LogP contribution in [0.4, 0.5) is 0 Å². The van der Waals surface area contributed by atoms with E-state index < -0.39 is 0 Å². The molecule has 1 aromatic heterocycles. The molecular formula is C16H20N2O2. The van der Waals surface area contributed by atoms with Crippen molar-refractivity contribution in [3.8, 4) is 11.5 Å². The van der Waals surface area contributed by atoms with Gasteiger partial charge in [-0.1, -0.05) is 6.07 Å². The number of benzene rings is 1. The summed E-state index contributed by atoms with van der Waals surface area (Å²) in [6, 6.07) is 9.97. The predicted molar refractivity (Wildman–Crippen MR) is 79.0 cm³/mol. The molecule has 4 heteroatoms. The fourth-order valence-corrected chi connectivity index (χ4v) is 2.06. The maximum absolute atomic E-state index is 5.41. The highest BCUT2D eigenvalue weighted by Gasteiger charge is 2.12. The molecule has 1 atom stereocenters. The number of hydrogen-bond donors (Lipinski definition) is 1. The molecule has 0 amide bonds. The maximum atomic E-state index is 5.41. The van der Waals surface area contributed by atoms with Gasteiger partial charge in [-0.25, -0.2) is 0 Å². The summed E-state index contributed by atoms with van der Waals surface area (Å²) < 4.78 is 10.7. The van der Waals surface area contributed by atoms with Crippen LogP contribution in [0, 0.1) is 0 Å². The van der Waals surface area contributed by atoms with Gasteiger partial charge in [-0.2, -0.15) is 0 Å². The number of rotatable bonds is 6. The third-order valence-corrected chi connectivity index (χ3v) is 3.24. The van der Waals surface area contributed by atoms with Crippen molar-refractivity contribution in [2.45, 2.75) is 19.5 Å². The topological polar surface area (TPSA) is 43.4 Å². The van der Waals surface area contributed by atoms with E-state index in [0.29, 0.717) is 0 Å². The highest BCUT2D eigenvalue weighted by atomic mass is 16.5. The summed E-state index contributed by atoms with van der Waals surface area (Å²) in [5, 5.41) is 3.47. The van der Waals surface area contributed by atoms with Gasteiger partial charge in [0.2, 0.25) is 0 Å². The average Bonchev–Trinajstić information content (AvgIpc) is 2.52. The summed E-state index contributed by atoms with van der Waals surface area (Å²) in [6.45, 7) is 2.86. The molecular weight excluding hydrogens is 252 g/mol. The van der Waals surface area contributed by atoms with Crippen molar-refractivity contribution in [2.24, 2.45) is 0 Å². The molecule has 1 unspecified atom stereocenters. The van der Waals surface area contributed by atoms with Gasteiger partial charge in [-0.3, -0.25) is 4.98 Å². The van der Waals surface area contributed by atoms with E-state index in [1.54, 1.807) is 20.4 Å². The Kier molecular flexibility index (Phi) is 4.96. The smallest absolute Gasteiger partial charge is 0.123 e. The minimum atomic E-state index is 0.153. The van der Waals surface area contributed by atoms with Crippen molar-refractivity contribution >= 4 is 0 Å². The summed E-state index contributed by atoms with van der Waals surface area (Å²) in [6.07, 6.45) is 3.64. The van der Waals surface area contributed by atoms with E-state index in [4.69, 9.17) is 9.47 Å². The molecule has 0 aliphatic heterocycles. The van der Waals surface area contributed by atoms with E-state index in [0.717, 1.165) is 29.2 Å². The van der Waals surface area contributed by atoms with Crippen LogP contribution in [-0.2, 0) is 6.54 Å². The molecule has 0 aliphatic rings. The van der Waals surface area contributed by atoms with Crippen LogP contribution in [0.15, 0.2) is 42.7 Å². The molecule has 106 valence electrons. The van der Waals surface area contributed by atoms with E-state index in [9.17, 15) is 0 Å². The van der Waals surface area contributed by atoms with Gasteiger partial charge >= 0.3 is 0 Å². The zero-order valence-corrected chi connectivity index (χ0v) is 12.1. The molecule has 0 saturated carbocycles. The van der Waals surface area contributed by atoms with Crippen molar-refractivity contribution in [1.82, 2.24) is 10.3 Å². The van der Waals surface area contributed by atoms with E-state index in [2.05, 4.69) is 23.3 Å². The number of methoxy groups -OCH3 is 2. The van der Waals surface area contributed by atoms with Crippen LogP contribution in [0.1, 0.15) is 24.1 Å². The Balaban J connectivity index is 2.09. The van der Waals surface area contributed by atoms with Gasteiger partial charge in [0, 0.05) is 30.5 Å². The van der Waals surface area contributed by atoms with Gasteiger partial charge in [0.15, 0.2) is 0 Å². The van der Waals surface area contributed by atoms with Gasteiger partial charge in [0.25, 0.3) is 0 Å². The molecule has 20 heavy (non-hydrogen) atoms. The Bertz CT molecular complexity index is 543. The Labute approximate surface area is 119 Å². The first-order valence-corrected chi connectivity index (χ1v) is 6.59. The molecule has 2 aromatic rings. The van der Waals surface area contributed by atoms with Crippen LogP contribution in [0.2, 0.25) is 0 Å². The summed E-state index contributed by atoms with van der Waals surface area (Å²) in [5.74, 6) is 1.69. The fourth-order valence-electron chi connectivity index (χ4n) is 2.06. The number of hydrogen-bond acceptors (Lipinski definition) is 4.